The van der Waals surface area contributed by atoms with Crippen LogP contribution in [-0.4, -0.2) is 38.2 Å². The van der Waals surface area contributed by atoms with Crippen LogP contribution in [0.25, 0.3) is 0 Å². The maximum absolute atomic E-state index is 15.0. The highest BCUT2D eigenvalue weighted by molar-refractivity contribution is 7.91. The van der Waals surface area contributed by atoms with Gasteiger partial charge in [-0.15, -0.1) is 0 Å². The van der Waals surface area contributed by atoms with Gasteiger partial charge in [0.2, 0.25) is 0 Å². The Balaban J connectivity index is 1.92. The van der Waals surface area contributed by atoms with E-state index in [9.17, 15) is 33.1 Å². The first kappa shape index (κ1) is 31.4. The number of sulfone groups is 1. The van der Waals surface area contributed by atoms with Crippen molar-refractivity contribution in [3.05, 3.63) is 129 Å². The minimum Gasteiger partial charge on any atom is -0.507 e. The minimum atomic E-state index is -4.50. The summed E-state index contributed by atoms with van der Waals surface area (Å²) in [6.45, 7) is -0.781. The number of amides is 1. The average Bonchev–Trinajstić information content (AvgIpc) is 2.97. The number of nitrogens with one attached hydrogen (secondary N) is 1. The van der Waals surface area contributed by atoms with Gasteiger partial charge in [0.1, 0.15) is 28.5 Å². The van der Waals surface area contributed by atoms with E-state index in [0.29, 0.717) is 0 Å². The van der Waals surface area contributed by atoms with Crippen molar-refractivity contribution in [3.63, 3.8) is 0 Å². The topological polar surface area (TPSA) is 137 Å². The van der Waals surface area contributed by atoms with Gasteiger partial charge in [-0.3, -0.25) is 4.79 Å². The summed E-state index contributed by atoms with van der Waals surface area (Å²) >= 11 is 6.27. The zero-order valence-electron chi connectivity index (χ0n) is 22.6. The Morgan fingerprint density at radius 1 is 1.07 bits per heavy atom. The van der Waals surface area contributed by atoms with Gasteiger partial charge in [-0.2, -0.15) is 5.26 Å². The predicted molar refractivity (Wildman–Crippen MR) is 155 cm³/mol. The standard InChI is InChI=1S/C31H25ClF2N2O6S/c1-42-28-13-10-22(15-26(28)34)31(39,18-36-30(38)24-4-2-3-5-27(24)37)29(20-8-9-21(16-35)25(32)14-20)43(40,41)17-19-6-11-23(33)12-7-19/h2-15,29,37,39H,17-18H2,1H3,(H,36,38). The average molecular weight is 627 g/mol. The first-order valence-electron chi connectivity index (χ1n) is 12.7. The number of hydrogen-bond donors (Lipinski definition) is 3. The second-order valence-electron chi connectivity index (χ2n) is 9.64. The highest BCUT2D eigenvalue weighted by Gasteiger charge is 2.48. The summed E-state index contributed by atoms with van der Waals surface area (Å²) in [6.07, 6.45) is 0. The third kappa shape index (κ3) is 6.78. The molecule has 0 heterocycles. The summed E-state index contributed by atoms with van der Waals surface area (Å²) in [5.74, 6) is -3.59. The van der Waals surface area contributed by atoms with E-state index in [1.807, 2.05) is 6.07 Å². The van der Waals surface area contributed by atoms with Gasteiger partial charge in [-0.25, -0.2) is 17.2 Å². The molecule has 2 unspecified atom stereocenters. The van der Waals surface area contributed by atoms with E-state index in [-0.39, 0.29) is 44.3 Å². The Labute approximate surface area is 251 Å². The van der Waals surface area contributed by atoms with Crippen molar-refractivity contribution < 1.29 is 36.9 Å². The number of phenolic OH excluding ortho intramolecular Hbond substituents is 1. The number of halogens is 3. The van der Waals surface area contributed by atoms with Crippen LogP contribution in [0.4, 0.5) is 8.78 Å². The number of carbonyl (C=O) groups is 1. The number of aromatic hydroxyl groups is 1. The van der Waals surface area contributed by atoms with Crippen LogP contribution in [0.5, 0.6) is 11.5 Å². The van der Waals surface area contributed by atoms with Crippen LogP contribution in [0.1, 0.15) is 37.9 Å². The van der Waals surface area contributed by atoms with Gasteiger partial charge in [0.25, 0.3) is 5.91 Å². The highest BCUT2D eigenvalue weighted by atomic mass is 35.5. The number of benzene rings is 4. The van der Waals surface area contributed by atoms with Crippen molar-refractivity contribution in [2.75, 3.05) is 13.7 Å². The number of hydrogen-bond acceptors (Lipinski definition) is 7. The maximum atomic E-state index is 15.0. The van der Waals surface area contributed by atoms with Crippen molar-refractivity contribution in [3.8, 4) is 17.6 Å². The highest BCUT2D eigenvalue weighted by Crippen LogP contribution is 2.44. The zero-order valence-corrected chi connectivity index (χ0v) is 24.2. The van der Waals surface area contributed by atoms with E-state index in [2.05, 4.69) is 5.32 Å². The molecule has 0 saturated heterocycles. The fourth-order valence-electron chi connectivity index (χ4n) is 4.72. The van der Waals surface area contributed by atoms with Gasteiger partial charge >= 0.3 is 0 Å². The number of rotatable bonds is 10. The Morgan fingerprint density at radius 2 is 1.77 bits per heavy atom. The Bertz CT molecular complexity index is 1810. The molecule has 0 aliphatic rings. The molecule has 0 fully saturated rings. The van der Waals surface area contributed by atoms with Crippen LogP contribution in [0, 0.1) is 23.0 Å². The Hall–Kier alpha value is -4.50. The van der Waals surface area contributed by atoms with E-state index < -0.39 is 50.5 Å². The molecule has 0 aliphatic heterocycles. The molecule has 12 heteroatoms. The van der Waals surface area contributed by atoms with Gasteiger partial charge < -0.3 is 20.3 Å². The molecule has 1 amide bonds. The van der Waals surface area contributed by atoms with Crippen molar-refractivity contribution in [2.24, 2.45) is 0 Å². The second-order valence-corrected chi connectivity index (χ2v) is 12.1. The Morgan fingerprint density at radius 3 is 2.37 bits per heavy atom. The SMILES string of the molecule is COc1ccc(C(O)(CNC(=O)c2ccccc2O)C(c2ccc(C#N)c(Cl)c2)S(=O)(=O)Cc2ccc(F)cc2)cc1F. The Kier molecular flexibility index (Phi) is 9.35. The second kappa shape index (κ2) is 12.8. The third-order valence-electron chi connectivity index (χ3n) is 6.81. The summed E-state index contributed by atoms with van der Waals surface area (Å²) in [7, 11) is -3.27. The number of para-hydroxylation sites is 1. The van der Waals surface area contributed by atoms with Crippen LogP contribution < -0.4 is 10.1 Å². The normalized spacial score (nSPS) is 13.4. The van der Waals surface area contributed by atoms with Gasteiger partial charge in [0.15, 0.2) is 21.4 Å². The molecule has 0 saturated carbocycles. The minimum absolute atomic E-state index is 0.0342. The summed E-state index contributed by atoms with van der Waals surface area (Å²) in [4.78, 5) is 13.1. The lowest BCUT2D eigenvalue weighted by molar-refractivity contribution is 0.0295. The predicted octanol–water partition coefficient (Wildman–Crippen LogP) is 5.18. The summed E-state index contributed by atoms with van der Waals surface area (Å²) in [5, 5.41) is 32.3. The smallest absolute Gasteiger partial charge is 0.255 e. The molecule has 222 valence electrons. The summed E-state index contributed by atoms with van der Waals surface area (Å²) in [6, 6.07) is 19.2. The molecule has 3 N–H and O–H groups in total. The van der Waals surface area contributed by atoms with Gasteiger partial charge in [0.05, 0.1) is 35.6 Å². The molecular weight excluding hydrogens is 602 g/mol. The van der Waals surface area contributed by atoms with Crippen LogP contribution in [0.2, 0.25) is 5.02 Å². The molecule has 0 radical (unpaired) electrons. The van der Waals surface area contributed by atoms with E-state index in [4.69, 9.17) is 16.3 Å². The van der Waals surface area contributed by atoms with Crippen LogP contribution in [0.15, 0.2) is 84.9 Å². The lowest BCUT2D eigenvalue weighted by Crippen LogP contribution is -2.48. The van der Waals surface area contributed by atoms with Crippen molar-refractivity contribution in [1.82, 2.24) is 5.32 Å². The quantitative estimate of drug-likeness (QED) is 0.221. The largest absolute Gasteiger partial charge is 0.507 e. The lowest BCUT2D eigenvalue weighted by Gasteiger charge is -2.37. The number of carbonyl (C=O) groups excluding carboxylic acids is 1. The number of ether oxygens (including phenoxy) is 1. The monoisotopic (exact) mass is 626 g/mol. The van der Waals surface area contributed by atoms with Crippen LogP contribution in [0.3, 0.4) is 0 Å². The molecule has 4 aromatic rings. The number of nitrogens with zero attached hydrogens (tertiary/aromatic N) is 1. The number of methoxy groups -OCH3 is 1. The van der Waals surface area contributed by atoms with Gasteiger partial charge in [0, 0.05) is 0 Å². The maximum Gasteiger partial charge on any atom is 0.255 e. The van der Waals surface area contributed by atoms with Crippen molar-refractivity contribution in [2.45, 2.75) is 16.6 Å². The summed E-state index contributed by atoms with van der Waals surface area (Å²) in [5.41, 5.74) is -2.81. The first-order chi connectivity index (χ1) is 20.4. The lowest BCUT2D eigenvalue weighted by atomic mass is 9.85. The molecular formula is C31H25ClF2N2O6S. The third-order valence-corrected chi connectivity index (χ3v) is 9.24. The van der Waals surface area contributed by atoms with Crippen LogP contribution >= 0.6 is 11.6 Å². The molecule has 0 bridgehead atoms. The van der Waals surface area contributed by atoms with E-state index in [1.165, 1.54) is 73.8 Å². The fraction of sp³-hybridized carbons (Fsp3) is 0.161. The first-order valence-corrected chi connectivity index (χ1v) is 14.8. The molecule has 8 nitrogen and oxygen atoms in total. The number of aliphatic hydroxyl groups is 1. The number of phenols is 1. The molecule has 4 aromatic carbocycles. The molecule has 4 rings (SSSR count). The van der Waals surface area contributed by atoms with E-state index in [0.717, 1.165) is 18.2 Å². The number of nitriles is 1. The molecule has 0 aliphatic carbocycles. The van der Waals surface area contributed by atoms with Crippen LogP contribution in [-0.2, 0) is 21.2 Å². The fourth-order valence-corrected chi connectivity index (χ4v) is 7.15. The van der Waals surface area contributed by atoms with E-state index >= 15 is 4.39 Å². The molecule has 0 aromatic heterocycles. The van der Waals surface area contributed by atoms with Gasteiger partial charge in [-0.05, 0) is 65.2 Å². The van der Waals surface area contributed by atoms with E-state index in [1.54, 1.807) is 0 Å². The molecule has 0 spiro atoms. The van der Waals surface area contributed by atoms with Gasteiger partial charge in [-0.1, -0.05) is 48.0 Å². The zero-order chi connectivity index (χ0) is 31.4. The van der Waals surface area contributed by atoms with Crippen molar-refractivity contribution >= 4 is 27.3 Å². The summed E-state index contributed by atoms with van der Waals surface area (Å²) < 4.78 is 62.0. The van der Waals surface area contributed by atoms with Crippen molar-refractivity contribution in [1.29, 1.82) is 5.26 Å². The molecule has 2 atom stereocenters. The molecule has 43 heavy (non-hydrogen) atoms.